The van der Waals surface area contributed by atoms with Gasteiger partial charge in [0.05, 0.1) is 22.8 Å². The van der Waals surface area contributed by atoms with E-state index < -0.39 is 34.6 Å². The number of rotatable bonds is 8. The molecule has 0 spiro atoms. The fourth-order valence-electron chi connectivity index (χ4n) is 7.00. The third-order valence-corrected chi connectivity index (χ3v) is 9.77. The minimum atomic E-state index is -0.879. The van der Waals surface area contributed by atoms with Crippen molar-refractivity contribution in [2.75, 3.05) is 33.2 Å². The van der Waals surface area contributed by atoms with Crippen LogP contribution in [0.25, 0.3) is 27.8 Å². The molecule has 6 rings (SSSR count). The lowest BCUT2D eigenvalue weighted by molar-refractivity contribution is -0.123. The van der Waals surface area contributed by atoms with Crippen molar-refractivity contribution >= 4 is 16.9 Å². The van der Waals surface area contributed by atoms with Gasteiger partial charge in [0.2, 0.25) is 5.91 Å². The first-order chi connectivity index (χ1) is 22.5. The first kappa shape index (κ1) is 32.7. The predicted molar refractivity (Wildman–Crippen MR) is 182 cm³/mol. The van der Waals surface area contributed by atoms with Gasteiger partial charge in [0.1, 0.15) is 5.82 Å². The Morgan fingerprint density at radius 3 is 2.45 bits per heavy atom. The van der Waals surface area contributed by atoms with Gasteiger partial charge >= 0.3 is 5.69 Å². The smallest absolute Gasteiger partial charge is 0.337 e. The quantitative estimate of drug-likeness (QED) is 0.300. The van der Waals surface area contributed by atoms with Crippen LogP contribution < -0.4 is 22.3 Å². The van der Waals surface area contributed by atoms with E-state index in [9.17, 15) is 18.8 Å². The first-order valence-electron chi connectivity index (χ1n) is 16.5. The number of primary amides is 1. The number of aromatic nitrogens is 3. The third-order valence-electron chi connectivity index (χ3n) is 9.77. The second-order valence-electron chi connectivity index (χ2n) is 13.6. The molecule has 4 aromatic rings. The number of pyridine rings is 1. The molecule has 3 N–H and O–H groups in total. The Labute approximate surface area is 274 Å². The van der Waals surface area contributed by atoms with E-state index in [2.05, 4.69) is 39.3 Å². The molecule has 1 aliphatic carbocycles. The summed E-state index contributed by atoms with van der Waals surface area (Å²) in [6.07, 6.45) is 4.46. The summed E-state index contributed by atoms with van der Waals surface area (Å²) in [5.74, 6) is -1.08. The van der Waals surface area contributed by atoms with Crippen LogP contribution in [0.5, 0.6) is 0 Å². The summed E-state index contributed by atoms with van der Waals surface area (Å²) in [7, 11) is 2.13. The van der Waals surface area contributed by atoms with Gasteiger partial charge in [-0.05, 0) is 94.9 Å². The molecule has 47 heavy (non-hydrogen) atoms. The Morgan fingerprint density at radius 1 is 0.979 bits per heavy atom. The topological polar surface area (TPSA) is 118 Å². The Hall–Kier alpha value is -4.19. The highest BCUT2D eigenvalue weighted by Gasteiger charge is 2.32. The average molecular weight is 642 g/mol. The van der Waals surface area contributed by atoms with Gasteiger partial charge in [-0.2, -0.15) is 0 Å². The van der Waals surface area contributed by atoms with Crippen LogP contribution in [-0.2, 0) is 11.3 Å². The van der Waals surface area contributed by atoms with E-state index >= 15 is 0 Å². The van der Waals surface area contributed by atoms with Gasteiger partial charge in [-0.3, -0.25) is 19.1 Å². The van der Waals surface area contributed by atoms with Gasteiger partial charge in [0.15, 0.2) is 5.65 Å². The van der Waals surface area contributed by atoms with E-state index in [-0.39, 0.29) is 17.1 Å². The molecular formula is C36H44FN7O3. The normalized spacial score (nSPS) is 19.9. The lowest BCUT2D eigenvalue weighted by Gasteiger charge is -2.35. The number of fused-ring (bicyclic) bond motifs is 1. The molecule has 1 saturated heterocycles. The van der Waals surface area contributed by atoms with Crippen LogP contribution in [-0.4, -0.2) is 74.6 Å². The Morgan fingerprint density at radius 2 is 1.72 bits per heavy atom. The van der Waals surface area contributed by atoms with Crippen molar-refractivity contribution in [3.63, 3.8) is 0 Å². The number of benzene rings is 2. The van der Waals surface area contributed by atoms with Crippen LogP contribution in [0, 0.1) is 5.82 Å². The largest absolute Gasteiger partial charge is 0.368 e. The first-order valence-corrected chi connectivity index (χ1v) is 16.5. The molecule has 1 amide bonds. The summed E-state index contributed by atoms with van der Waals surface area (Å²) >= 11 is 0. The summed E-state index contributed by atoms with van der Waals surface area (Å²) in [5.41, 5.74) is 7.28. The number of halogens is 1. The van der Waals surface area contributed by atoms with Crippen molar-refractivity contribution in [1.82, 2.24) is 29.2 Å². The van der Waals surface area contributed by atoms with Crippen LogP contribution in [0.3, 0.4) is 0 Å². The molecule has 0 bridgehead atoms. The van der Waals surface area contributed by atoms with E-state index in [4.69, 9.17) is 5.73 Å². The zero-order valence-corrected chi connectivity index (χ0v) is 27.4. The SMILES string of the molecule is CN1CCCN(Cc2ccc(-c3ccccc3)cc2-n2c(=O)n([C@H]3CC[C@@H](NC(C)(C)C(N)=O)CC3)c(=O)c3cc(F)cnc32)CC1. The number of likely N-dealkylation sites (N-methyl/N-ethyl adjacent to an activating group) is 1. The fourth-order valence-corrected chi connectivity index (χ4v) is 7.00. The molecule has 248 valence electrons. The van der Waals surface area contributed by atoms with Gasteiger partial charge < -0.3 is 16.0 Å². The Bertz CT molecular complexity index is 1880. The molecule has 2 aliphatic rings. The zero-order chi connectivity index (χ0) is 33.3. The summed E-state index contributed by atoms with van der Waals surface area (Å²) in [5, 5.41) is 3.40. The number of hydrogen-bond acceptors (Lipinski definition) is 7. The Kier molecular flexibility index (Phi) is 9.41. The summed E-state index contributed by atoms with van der Waals surface area (Å²) in [6, 6.07) is 16.8. The summed E-state index contributed by atoms with van der Waals surface area (Å²) < 4.78 is 17.5. The van der Waals surface area contributed by atoms with Crippen LogP contribution >= 0.6 is 0 Å². The van der Waals surface area contributed by atoms with E-state index in [0.717, 1.165) is 55.5 Å². The molecule has 0 atom stereocenters. The lowest BCUT2D eigenvalue weighted by atomic mass is 9.89. The molecule has 0 radical (unpaired) electrons. The van der Waals surface area contributed by atoms with E-state index in [1.165, 1.54) is 15.2 Å². The van der Waals surface area contributed by atoms with Crippen molar-refractivity contribution in [3.8, 4) is 16.8 Å². The van der Waals surface area contributed by atoms with Crippen LogP contribution in [0.2, 0.25) is 0 Å². The van der Waals surface area contributed by atoms with Gasteiger partial charge in [-0.15, -0.1) is 0 Å². The molecule has 1 saturated carbocycles. The average Bonchev–Trinajstić information content (AvgIpc) is 3.26. The number of nitrogens with zero attached hydrogens (tertiary/aromatic N) is 5. The Balaban J connectivity index is 1.47. The number of nitrogens with two attached hydrogens (primary N) is 1. The van der Waals surface area contributed by atoms with Gasteiger partial charge in [-0.1, -0.05) is 42.5 Å². The molecule has 2 fully saturated rings. The molecule has 11 heteroatoms. The number of nitrogens with one attached hydrogen (secondary N) is 1. The van der Waals surface area contributed by atoms with Gasteiger partial charge in [0, 0.05) is 31.7 Å². The highest BCUT2D eigenvalue weighted by atomic mass is 19.1. The minimum absolute atomic E-state index is 0.00747. The molecule has 1 aliphatic heterocycles. The van der Waals surface area contributed by atoms with Crippen LogP contribution in [0.15, 0.2) is 70.4 Å². The number of hydrogen-bond donors (Lipinski definition) is 2. The highest BCUT2D eigenvalue weighted by molar-refractivity contribution is 5.83. The fraction of sp³-hybridized carbons (Fsp3) is 0.444. The monoisotopic (exact) mass is 641 g/mol. The molecule has 0 unspecified atom stereocenters. The molecular weight excluding hydrogens is 597 g/mol. The van der Waals surface area contributed by atoms with Crippen molar-refractivity contribution in [2.45, 2.75) is 70.1 Å². The van der Waals surface area contributed by atoms with Crippen LogP contribution in [0.4, 0.5) is 4.39 Å². The molecule has 2 aromatic heterocycles. The second-order valence-corrected chi connectivity index (χ2v) is 13.6. The van der Waals surface area contributed by atoms with Crippen molar-refractivity contribution in [1.29, 1.82) is 0 Å². The number of carbonyl (C=O) groups excluding carboxylic acids is 1. The molecule has 3 heterocycles. The second kappa shape index (κ2) is 13.5. The highest BCUT2D eigenvalue weighted by Crippen LogP contribution is 2.30. The standard InChI is InChI=1S/C36H44FN7O3/c1-36(2,34(38)46)40-28-12-14-29(15-13-28)43-33(45)30-21-27(37)22-39-32(30)44(35(43)47)31-20-25(24-8-5-4-6-9-24)10-11-26(31)23-42-17-7-16-41(3)18-19-42/h4-6,8-11,20-22,28-29,40H,7,12-19,23H2,1-3H3,(H2,38,46)/t28-,29+. The number of amides is 1. The zero-order valence-electron chi connectivity index (χ0n) is 27.4. The maximum absolute atomic E-state index is 14.7. The third kappa shape index (κ3) is 6.93. The van der Waals surface area contributed by atoms with E-state index in [1.807, 2.05) is 36.4 Å². The maximum Gasteiger partial charge on any atom is 0.337 e. The number of carbonyl (C=O) groups is 1. The molecule has 2 aromatic carbocycles. The van der Waals surface area contributed by atoms with Crippen molar-refractivity contribution in [2.24, 2.45) is 5.73 Å². The lowest BCUT2D eigenvalue weighted by Crippen LogP contribution is -2.55. The van der Waals surface area contributed by atoms with Gasteiger partial charge in [0.25, 0.3) is 5.56 Å². The maximum atomic E-state index is 14.7. The van der Waals surface area contributed by atoms with Crippen molar-refractivity contribution < 1.29 is 9.18 Å². The predicted octanol–water partition coefficient (Wildman–Crippen LogP) is 3.83. The summed E-state index contributed by atoms with van der Waals surface area (Å²) in [6.45, 7) is 7.89. The summed E-state index contributed by atoms with van der Waals surface area (Å²) in [4.78, 5) is 49.7. The van der Waals surface area contributed by atoms with Gasteiger partial charge in [-0.25, -0.2) is 18.7 Å². The van der Waals surface area contributed by atoms with E-state index in [1.54, 1.807) is 13.8 Å². The molecule has 10 nitrogen and oxygen atoms in total. The minimum Gasteiger partial charge on any atom is -0.368 e. The van der Waals surface area contributed by atoms with Crippen LogP contribution in [0.1, 0.15) is 57.6 Å². The van der Waals surface area contributed by atoms with Crippen molar-refractivity contribution in [3.05, 3.63) is 93.0 Å². The van der Waals surface area contributed by atoms with E-state index in [0.29, 0.717) is 37.9 Å².